The van der Waals surface area contributed by atoms with Crippen molar-refractivity contribution in [2.45, 2.75) is 0 Å². The number of rotatable bonds is 1. The molecule has 0 amide bonds. The zero-order valence-electron chi connectivity index (χ0n) is 1.97. The van der Waals surface area contributed by atoms with Crippen molar-refractivity contribution in [1.29, 1.82) is 0 Å². The molecule has 3 heteroatoms. The second-order valence-corrected chi connectivity index (χ2v) is 1.83. The Hall–Kier alpha value is 0.450. The molecule has 0 saturated carbocycles. The van der Waals surface area contributed by atoms with Gasteiger partial charge in [-0.15, -0.1) is 0 Å². The van der Waals surface area contributed by atoms with Crippen molar-refractivity contribution >= 4 is 19.0 Å². The third kappa shape index (κ3) is 2.45. The van der Waals surface area contributed by atoms with E-state index in [4.69, 9.17) is 0 Å². The van der Waals surface area contributed by atoms with E-state index < -0.39 is 0 Å². The lowest BCUT2D eigenvalue weighted by molar-refractivity contribution is 0.605. The van der Waals surface area contributed by atoms with Crippen LogP contribution in [0.2, 0.25) is 0 Å². The van der Waals surface area contributed by atoms with Gasteiger partial charge in [0.25, 0.3) is 0 Å². The minimum absolute atomic E-state index is 0.0540. The lowest BCUT2D eigenvalue weighted by atomic mass is 12.0. The Kier molecular flexibility index (Phi) is 3.84. The molecule has 1 radical (unpaired) electrons. The molecule has 0 fully saturated rings. The highest BCUT2D eigenvalue weighted by Crippen LogP contribution is 2.11. The van der Waals surface area contributed by atoms with Crippen LogP contribution in [0.25, 0.3) is 0 Å². The summed E-state index contributed by atoms with van der Waals surface area (Å²) in [6, 6.07) is 0. The van der Waals surface area contributed by atoms with E-state index in [9.17, 15) is 4.57 Å². The van der Waals surface area contributed by atoms with E-state index in [1.165, 1.54) is 0 Å². The summed E-state index contributed by atoms with van der Waals surface area (Å²) in [5.74, 6) is 0. The van der Waals surface area contributed by atoms with Gasteiger partial charge in [0.05, 0.1) is 0 Å². The van der Waals surface area contributed by atoms with Crippen molar-refractivity contribution in [2.75, 3.05) is 0 Å². The standard InChI is InChI=1S/CH2OPS/c1-4-3-2/h1H2. The summed E-state index contributed by atoms with van der Waals surface area (Å²) in [6.07, 6.45) is 3.20. The van der Waals surface area contributed by atoms with E-state index in [1.807, 2.05) is 0 Å². The highest BCUT2D eigenvalue weighted by Gasteiger charge is 1.55. The zero-order valence-corrected chi connectivity index (χ0v) is 3.68. The van der Waals surface area contributed by atoms with Gasteiger partial charge in [0.2, 0.25) is 7.66 Å². The van der Waals surface area contributed by atoms with Gasteiger partial charge in [0.15, 0.2) is 0 Å². The molecule has 0 aliphatic carbocycles. The lowest BCUT2D eigenvalue weighted by Crippen LogP contribution is -1.02. The fourth-order valence-electron chi connectivity index (χ4n) is 0. The van der Waals surface area contributed by atoms with Gasteiger partial charge in [0, 0.05) is 6.26 Å². The van der Waals surface area contributed by atoms with E-state index in [-0.39, 0.29) is 7.66 Å². The quantitative estimate of drug-likeness (QED) is 0.459. The molecule has 0 unspecified atom stereocenters. The average molecular weight is 93.1 g/mol. The molecular weight excluding hydrogens is 91.1 g/mol. The molecule has 0 aromatic heterocycles. The molecule has 0 atom stereocenters. The van der Waals surface area contributed by atoms with Crippen molar-refractivity contribution < 1.29 is 4.57 Å². The van der Waals surface area contributed by atoms with Gasteiger partial charge in [-0.1, -0.05) is 11.4 Å². The number of hydrogen-bond donors (Lipinski definition) is 0. The van der Waals surface area contributed by atoms with Crippen LogP contribution in [0.3, 0.4) is 0 Å². The highest BCUT2D eigenvalue weighted by atomic mass is 32.7. The first-order valence-electron chi connectivity index (χ1n) is 0.654. The zero-order chi connectivity index (χ0) is 3.41. The summed E-state index contributed by atoms with van der Waals surface area (Å²) in [4.78, 5) is 0. The van der Waals surface area contributed by atoms with Crippen LogP contribution < -0.4 is 0 Å². The van der Waals surface area contributed by atoms with Crippen LogP contribution in [-0.4, -0.2) is 0 Å². The van der Waals surface area contributed by atoms with Crippen LogP contribution in [0.5, 0.6) is 0 Å². The van der Waals surface area contributed by atoms with E-state index in [0.29, 0.717) is 0 Å². The average Bonchev–Trinajstić information content (AvgIpc) is 1.37. The minimum Gasteiger partial charge on any atom is -0.262 e. The summed E-state index contributed by atoms with van der Waals surface area (Å²) in [7, 11) is 0.0540. The molecular formula is CH2OPS. The van der Waals surface area contributed by atoms with Crippen molar-refractivity contribution in [3.8, 4) is 0 Å². The summed E-state index contributed by atoms with van der Waals surface area (Å²) < 4.78 is 9.17. The summed E-state index contributed by atoms with van der Waals surface area (Å²) >= 11 is 1.02. The molecule has 23 valence electrons. The SMILES string of the molecule is [CH2]SP=O. The fourth-order valence-corrected chi connectivity index (χ4v) is 0. The molecule has 0 aromatic rings. The van der Waals surface area contributed by atoms with Crippen LogP contribution in [0, 0.1) is 6.26 Å². The van der Waals surface area contributed by atoms with Crippen molar-refractivity contribution in [2.24, 2.45) is 0 Å². The van der Waals surface area contributed by atoms with Crippen LogP contribution in [-0.2, 0) is 4.57 Å². The maximum Gasteiger partial charge on any atom is 0.226 e. The Balaban J connectivity index is 2.30. The molecule has 1 nitrogen and oxygen atoms in total. The molecule has 0 saturated heterocycles. The van der Waals surface area contributed by atoms with Gasteiger partial charge in [-0.25, -0.2) is 0 Å². The van der Waals surface area contributed by atoms with Crippen LogP contribution in [0.1, 0.15) is 0 Å². The lowest BCUT2D eigenvalue weighted by Gasteiger charge is -1.49. The second-order valence-electron chi connectivity index (χ2n) is 0.204. The Labute approximate surface area is 30.7 Å². The Morgan fingerprint density at radius 2 is 2.25 bits per heavy atom. The largest absolute Gasteiger partial charge is 0.262 e. The Morgan fingerprint density at radius 1 is 2.00 bits per heavy atom. The summed E-state index contributed by atoms with van der Waals surface area (Å²) in [6.45, 7) is 0. The first kappa shape index (κ1) is 4.45. The van der Waals surface area contributed by atoms with Crippen LogP contribution in [0.4, 0.5) is 0 Å². The predicted molar refractivity (Wildman–Crippen MR) is 20.6 cm³/mol. The minimum atomic E-state index is 0.0540. The van der Waals surface area contributed by atoms with E-state index >= 15 is 0 Å². The van der Waals surface area contributed by atoms with Gasteiger partial charge >= 0.3 is 0 Å². The Morgan fingerprint density at radius 3 is 2.25 bits per heavy atom. The molecule has 0 rings (SSSR count). The first-order chi connectivity index (χ1) is 1.91. The topological polar surface area (TPSA) is 17.1 Å². The van der Waals surface area contributed by atoms with E-state index in [2.05, 4.69) is 6.26 Å². The summed E-state index contributed by atoms with van der Waals surface area (Å²) in [5.41, 5.74) is 0. The maximum absolute atomic E-state index is 9.17. The number of hydrogen-bond acceptors (Lipinski definition) is 2. The normalized spacial score (nSPS) is 8.25. The molecule has 0 aliphatic heterocycles. The molecule has 0 N–H and O–H groups in total. The molecule has 0 heterocycles. The van der Waals surface area contributed by atoms with Gasteiger partial charge in [0.1, 0.15) is 0 Å². The van der Waals surface area contributed by atoms with Crippen molar-refractivity contribution in [3.63, 3.8) is 0 Å². The predicted octanol–water partition coefficient (Wildman–Crippen LogP) is 1.72. The van der Waals surface area contributed by atoms with Gasteiger partial charge in [-0.05, 0) is 0 Å². The second kappa shape index (κ2) is 3.45. The van der Waals surface area contributed by atoms with Crippen LogP contribution in [0.15, 0.2) is 0 Å². The van der Waals surface area contributed by atoms with E-state index in [1.54, 1.807) is 0 Å². The molecule has 4 heavy (non-hydrogen) atoms. The molecule has 0 aliphatic rings. The van der Waals surface area contributed by atoms with Crippen molar-refractivity contribution in [3.05, 3.63) is 6.26 Å². The monoisotopic (exact) mass is 93.0 g/mol. The maximum atomic E-state index is 9.17. The summed E-state index contributed by atoms with van der Waals surface area (Å²) in [5, 5.41) is 0. The fraction of sp³-hybridized carbons (Fsp3) is 0. The van der Waals surface area contributed by atoms with Gasteiger partial charge in [-0.3, -0.25) is 4.57 Å². The first-order valence-corrected chi connectivity index (χ1v) is 3.06. The van der Waals surface area contributed by atoms with Gasteiger partial charge < -0.3 is 0 Å². The van der Waals surface area contributed by atoms with Crippen LogP contribution >= 0.6 is 19.0 Å². The Bertz CT molecular complexity index is 22.0. The van der Waals surface area contributed by atoms with E-state index in [0.717, 1.165) is 11.4 Å². The van der Waals surface area contributed by atoms with Gasteiger partial charge in [-0.2, -0.15) is 0 Å². The van der Waals surface area contributed by atoms with Crippen molar-refractivity contribution in [1.82, 2.24) is 0 Å². The smallest absolute Gasteiger partial charge is 0.226 e. The third-order valence-electron chi connectivity index (χ3n) is 0.0527. The molecule has 0 aromatic carbocycles. The third-order valence-corrected chi connectivity index (χ3v) is 0.474. The highest BCUT2D eigenvalue weighted by molar-refractivity contribution is 8.46. The molecule has 0 bridgehead atoms. The molecule has 0 spiro atoms.